The number of nitrogens with one attached hydrogen (secondary N) is 2. The van der Waals surface area contributed by atoms with Gasteiger partial charge < -0.3 is 4.74 Å². The average molecular weight is 327 g/mol. The normalized spacial score (nSPS) is 18.0. The van der Waals surface area contributed by atoms with Crippen LogP contribution in [0, 0.1) is 0 Å². The van der Waals surface area contributed by atoms with Gasteiger partial charge in [0.15, 0.2) is 0 Å². The minimum atomic E-state index is -0.482. The van der Waals surface area contributed by atoms with Crippen molar-refractivity contribution in [2.24, 2.45) is 0 Å². The summed E-state index contributed by atoms with van der Waals surface area (Å²) < 4.78 is 6.27. The lowest BCUT2D eigenvalue weighted by atomic mass is 10.1. The summed E-state index contributed by atoms with van der Waals surface area (Å²) in [6.45, 7) is 5.53. The van der Waals surface area contributed by atoms with E-state index < -0.39 is 11.7 Å². The summed E-state index contributed by atoms with van der Waals surface area (Å²) in [4.78, 5) is 11.6. The lowest BCUT2D eigenvalue weighted by Crippen LogP contribution is -2.42. The van der Waals surface area contributed by atoms with Crippen molar-refractivity contribution in [1.82, 2.24) is 10.9 Å². The number of aryl methyl sites for hydroxylation is 1. The molecule has 0 radical (unpaired) electrons. The predicted molar refractivity (Wildman–Crippen MR) is 77.7 cm³/mol. The van der Waals surface area contributed by atoms with Crippen LogP contribution in [0.2, 0.25) is 0 Å². The van der Waals surface area contributed by atoms with E-state index in [2.05, 4.69) is 38.9 Å². The summed E-state index contributed by atoms with van der Waals surface area (Å²) in [5, 5.41) is 0. The first kappa shape index (κ1) is 14.3. The van der Waals surface area contributed by atoms with Crippen LogP contribution in [0.5, 0.6) is 0 Å². The summed E-state index contributed by atoms with van der Waals surface area (Å²) in [7, 11) is 0. The van der Waals surface area contributed by atoms with E-state index in [1.165, 1.54) is 11.1 Å². The van der Waals surface area contributed by atoms with Crippen molar-refractivity contribution in [2.45, 2.75) is 45.3 Å². The molecule has 19 heavy (non-hydrogen) atoms. The molecule has 0 aliphatic heterocycles. The highest BCUT2D eigenvalue weighted by Crippen LogP contribution is 2.32. The molecule has 0 spiro atoms. The Morgan fingerprint density at radius 3 is 2.84 bits per heavy atom. The van der Waals surface area contributed by atoms with Gasteiger partial charge in [-0.1, -0.05) is 22.0 Å². The number of hydrogen-bond donors (Lipinski definition) is 2. The fourth-order valence-electron chi connectivity index (χ4n) is 2.19. The van der Waals surface area contributed by atoms with Crippen molar-refractivity contribution in [3.8, 4) is 0 Å². The summed E-state index contributed by atoms with van der Waals surface area (Å²) in [6, 6.07) is 6.38. The SMILES string of the molecule is CC(C)(C)OC(=O)NNC1CCc2cc(Br)ccc21. The molecule has 2 N–H and O–H groups in total. The Kier molecular flexibility index (Phi) is 4.16. The standard InChI is InChI=1S/C14H19BrN2O2/c1-14(2,3)19-13(18)17-16-12-7-4-9-8-10(15)5-6-11(9)12/h5-6,8,12,16H,4,7H2,1-3H3,(H,17,18). The third kappa shape index (κ3) is 3.94. The van der Waals surface area contributed by atoms with E-state index in [0.29, 0.717) is 0 Å². The summed E-state index contributed by atoms with van der Waals surface area (Å²) in [6.07, 6.45) is 1.54. The molecular weight excluding hydrogens is 308 g/mol. The number of rotatable bonds is 2. The average Bonchev–Trinajstić information content (AvgIpc) is 2.66. The van der Waals surface area contributed by atoms with Crippen LogP contribution in [-0.4, -0.2) is 11.7 Å². The second kappa shape index (κ2) is 5.51. The number of benzene rings is 1. The number of hydrazine groups is 1. The third-order valence-electron chi connectivity index (χ3n) is 2.93. The zero-order chi connectivity index (χ0) is 14.0. The smallest absolute Gasteiger partial charge is 0.422 e. The van der Waals surface area contributed by atoms with E-state index in [9.17, 15) is 4.79 Å². The van der Waals surface area contributed by atoms with Crippen molar-refractivity contribution in [3.05, 3.63) is 33.8 Å². The summed E-state index contributed by atoms with van der Waals surface area (Å²) in [5.41, 5.74) is 7.72. The number of ether oxygens (including phenoxy) is 1. The largest absolute Gasteiger partial charge is 0.443 e. The van der Waals surface area contributed by atoms with E-state index in [1.807, 2.05) is 26.8 Å². The zero-order valence-electron chi connectivity index (χ0n) is 11.4. The van der Waals surface area contributed by atoms with E-state index in [-0.39, 0.29) is 6.04 Å². The molecule has 1 aliphatic rings. The van der Waals surface area contributed by atoms with E-state index in [4.69, 9.17) is 4.74 Å². The molecule has 0 saturated heterocycles. The van der Waals surface area contributed by atoms with Gasteiger partial charge in [-0.25, -0.2) is 10.2 Å². The monoisotopic (exact) mass is 326 g/mol. The van der Waals surface area contributed by atoms with Gasteiger partial charge in [-0.15, -0.1) is 0 Å². The quantitative estimate of drug-likeness (QED) is 0.818. The van der Waals surface area contributed by atoms with Crippen LogP contribution in [-0.2, 0) is 11.2 Å². The minimum absolute atomic E-state index is 0.149. The van der Waals surface area contributed by atoms with Gasteiger partial charge in [0.25, 0.3) is 0 Å². The highest BCUT2D eigenvalue weighted by atomic mass is 79.9. The molecular formula is C14H19BrN2O2. The van der Waals surface area contributed by atoms with Crippen molar-refractivity contribution < 1.29 is 9.53 Å². The zero-order valence-corrected chi connectivity index (χ0v) is 13.0. The van der Waals surface area contributed by atoms with Crippen LogP contribution in [0.3, 0.4) is 0 Å². The highest BCUT2D eigenvalue weighted by molar-refractivity contribution is 9.10. The molecule has 1 unspecified atom stereocenters. The predicted octanol–water partition coefficient (Wildman–Crippen LogP) is 3.47. The van der Waals surface area contributed by atoms with E-state index in [0.717, 1.165) is 17.3 Å². The molecule has 1 aliphatic carbocycles. The van der Waals surface area contributed by atoms with Gasteiger partial charge in [0.1, 0.15) is 5.60 Å². The van der Waals surface area contributed by atoms with E-state index >= 15 is 0 Å². The number of amides is 1. The molecule has 0 saturated carbocycles. The van der Waals surface area contributed by atoms with Gasteiger partial charge in [-0.2, -0.15) is 0 Å². The van der Waals surface area contributed by atoms with Crippen molar-refractivity contribution in [1.29, 1.82) is 0 Å². The Hall–Kier alpha value is -1.07. The van der Waals surface area contributed by atoms with Crippen molar-refractivity contribution in [2.75, 3.05) is 0 Å². The summed E-state index contributed by atoms with van der Waals surface area (Å²) >= 11 is 3.47. The van der Waals surface area contributed by atoms with Gasteiger partial charge in [-0.05, 0) is 56.9 Å². The fraction of sp³-hybridized carbons (Fsp3) is 0.500. The maximum absolute atomic E-state index is 11.6. The van der Waals surface area contributed by atoms with Crippen LogP contribution in [0.15, 0.2) is 22.7 Å². The number of fused-ring (bicyclic) bond motifs is 1. The maximum Gasteiger partial charge on any atom is 0.422 e. The molecule has 0 heterocycles. The first-order valence-electron chi connectivity index (χ1n) is 6.38. The second-order valence-corrected chi connectivity index (χ2v) is 6.62. The van der Waals surface area contributed by atoms with Gasteiger partial charge in [0.05, 0.1) is 6.04 Å². The molecule has 4 nitrogen and oxygen atoms in total. The van der Waals surface area contributed by atoms with Crippen LogP contribution >= 0.6 is 15.9 Å². The van der Waals surface area contributed by atoms with Gasteiger partial charge in [0, 0.05) is 4.47 Å². The number of halogens is 1. The van der Waals surface area contributed by atoms with Crippen molar-refractivity contribution in [3.63, 3.8) is 0 Å². The lowest BCUT2D eigenvalue weighted by Gasteiger charge is -2.21. The Morgan fingerprint density at radius 1 is 1.42 bits per heavy atom. The van der Waals surface area contributed by atoms with Crippen LogP contribution < -0.4 is 10.9 Å². The Labute approximate surface area is 122 Å². The highest BCUT2D eigenvalue weighted by Gasteiger charge is 2.23. The van der Waals surface area contributed by atoms with Gasteiger partial charge >= 0.3 is 6.09 Å². The fourth-order valence-corrected chi connectivity index (χ4v) is 2.59. The Bertz CT molecular complexity index is 483. The molecule has 104 valence electrons. The molecule has 1 atom stereocenters. The molecule has 0 bridgehead atoms. The Morgan fingerprint density at radius 2 is 2.16 bits per heavy atom. The topological polar surface area (TPSA) is 50.4 Å². The summed E-state index contributed by atoms with van der Waals surface area (Å²) in [5.74, 6) is 0. The first-order valence-corrected chi connectivity index (χ1v) is 7.17. The van der Waals surface area contributed by atoms with Crippen LogP contribution in [0.1, 0.15) is 44.4 Å². The second-order valence-electron chi connectivity index (χ2n) is 5.71. The Balaban J connectivity index is 1.91. The number of carbonyl (C=O) groups excluding carboxylic acids is 1. The van der Waals surface area contributed by atoms with Gasteiger partial charge in [-0.3, -0.25) is 5.43 Å². The van der Waals surface area contributed by atoms with Gasteiger partial charge in [0.2, 0.25) is 0 Å². The molecule has 1 aromatic rings. The number of carbonyl (C=O) groups is 1. The molecule has 2 rings (SSSR count). The first-order chi connectivity index (χ1) is 8.85. The molecule has 0 fully saturated rings. The van der Waals surface area contributed by atoms with Crippen LogP contribution in [0.25, 0.3) is 0 Å². The molecule has 5 heteroatoms. The maximum atomic E-state index is 11.6. The number of hydrogen-bond acceptors (Lipinski definition) is 3. The molecule has 1 amide bonds. The van der Waals surface area contributed by atoms with Crippen molar-refractivity contribution >= 4 is 22.0 Å². The molecule has 0 aromatic heterocycles. The molecule has 1 aromatic carbocycles. The minimum Gasteiger partial charge on any atom is -0.443 e. The van der Waals surface area contributed by atoms with E-state index in [1.54, 1.807) is 0 Å². The third-order valence-corrected chi connectivity index (χ3v) is 3.42. The van der Waals surface area contributed by atoms with Crippen LogP contribution in [0.4, 0.5) is 4.79 Å². The lowest BCUT2D eigenvalue weighted by molar-refractivity contribution is 0.0487.